The third-order valence-corrected chi connectivity index (χ3v) is 3.18. The fourth-order valence-corrected chi connectivity index (χ4v) is 1.69. The minimum atomic E-state index is -0.458. The second-order valence-electron chi connectivity index (χ2n) is 4.39. The van der Waals surface area contributed by atoms with Crippen LogP contribution in [-0.2, 0) is 4.79 Å². The minimum Gasteiger partial charge on any atom is -0.286 e. The monoisotopic (exact) mass is 239 g/mol. The zero-order valence-corrected chi connectivity index (χ0v) is 10.2. The SMILES string of the molecule is CC(C)(C)C(=O)Sc1ccc([N+](=O)[O-])cc1. The summed E-state index contributed by atoms with van der Waals surface area (Å²) < 4.78 is 0. The van der Waals surface area contributed by atoms with Crippen molar-refractivity contribution >= 4 is 22.6 Å². The van der Waals surface area contributed by atoms with Crippen molar-refractivity contribution in [3.63, 3.8) is 0 Å². The Morgan fingerprint density at radius 3 is 2.12 bits per heavy atom. The van der Waals surface area contributed by atoms with Crippen molar-refractivity contribution in [3.05, 3.63) is 34.4 Å². The molecule has 0 unspecified atom stereocenters. The van der Waals surface area contributed by atoms with Gasteiger partial charge in [-0.2, -0.15) is 0 Å². The summed E-state index contributed by atoms with van der Waals surface area (Å²) in [5, 5.41) is 10.5. The van der Waals surface area contributed by atoms with Crippen molar-refractivity contribution in [3.8, 4) is 0 Å². The van der Waals surface area contributed by atoms with Crippen LogP contribution in [0.1, 0.15) is 20.8 Å². The lowest BCUT2D eigenvalue weighted by atomic mass is 10.00. The van der Waals surface area contributed by atoms with Crippen LogP contribution in [0.5, 0.6) is 0 Å². The summed E-state index contributed by atoms with van der Waals surface area (Å²) in [5.41, 5.74) is -0.376. The van der Waals surface area contributed by atoms with Crippen molar-refractivity contribution < 1.29 is 9.72 Å². The van der Waals surface area contributed by atoms with Gasteiger partial charge >= 0.3 is 0 Å². The summed E-state index contributed by atoms with van der Waals surface area (Å²) >= 11 is 1.11. The predicted octanol–water partition coefficient (Wildman–Crippen LogP) is 3.26. The maximum atomic E-state index is 11.7. The Bertz CT molecular complexity index is 406. The molecule has 0 bridgehead atoms. The average Bonchev–Trinajstić information content (AvgIpc) is 2.17. The third-order valence-electron chi connectivity index (χ3n) is 1.87. The van der Waals surface area contributed by atoms with Gasteiger partial charge in [0.1, 0.15) is 0 Å². The average molecular weight is 239 g/mol. The number of nitro groups is 1. The molecule has 4 nitrogen and oxygen atoms in total. The normalized spacial score (nSPS) is 11.2. The molecule has 0 amide bonds. The van der Waals surface area contributed by atoms with Gasteiger partial charge in [0.25, 0.3) is 5.69 Å². The molecule has 1 aromatic rings. The maximum absolute atomic E-state index is 11.7. The van der Waals surface area contributed by atoms with Crippen LogP contribution in [0, 0.1) is 15.5 Å². The first kappa shape index (κ1) is 12.7. The highest BCUT2D eigenvalue weighted by Crippen LogP contribution is 2.29. The summed E-state index contributed by atoms with van der Waals surface area (Å²) in [6.45, 7) is 5.52. The number of hydrogen-bond acceptors (Lipinski definition) is 4. The molecule has 86 valence electrons. The first-order valence-corrected chi connectivity index (χ1v) is 5.59. The lowest BCUT2D eigenvalue weighted by molar-refractivity contribution is -0.384. The summed E-state index contributed by atoms with van der Waals surface area (Å²) in [6, 6.07) is 5.98. The summed E-state index contributed by atoms with van der Waals surface area (Å²) in [6.07, 6.45) is 0. The molecule has 1 rings (SSSR count). The minimum absolute atomic E-state index is 0.0348. The summed E-state index contributed by atoms with van der Waals surface area (Å²) in [5.74, 6) is 0. The van der Waals surface area contributed by atoms with E-state index in [-0.39, 0.29) is 10.8 Å². The van der Waals surface area contributed by atoms with Gasteiger partial charge in [-0.15, -0.1) is 0 Å². The van der Waals surface area contributed by atoms with Gasteiger partial charge in [0.2, 0.25) is 0 Å². The highest BCUT2D eigenvalue weighted by Gasteiger charge is 2.22. The number of hydrogen-bond donors (Lipinski definition) is 0. The van der Waals surface area contributed by atoms with E-state index in [1.165, 1.54) is 12.1 Å². The van der Waals surface area contributed by atoms with E-state index in [0.717, 1.165) is 16.7 Å². The zero-order valence-electron chi connectivity index (χ0n) is 9.39. The summed E-state index contributed by atoms with van der Waals surface area (Å²) in [4.78, 5) is 22.4. The Labute approximate surface area is 98.2 Å². The van der Waals surface area contributed by atoms with Crippen LogP contribution in [0.15, 0.2) is 29.2 Å². The van der Waals surface area contributed by atoms with E-state index in [1.807, 2.05) is 20.8 Å². The van der Waals surface area contributed by atoms with Crippen LogP contribution in [0.4, 0.5) is 5.69 Å². The lowest BCUT2D eigenvalue weighted by Crippen LogP contribution is -2.16. The zero-order chi connectivity index (χ0) is 12.3. The number of rotatable bonds is 2. The van der Waals surface area contributed by atoms with E-state index >= 15 is 0 Å². The smallest absolute Gasteiger partial charge is 0.269 e. The molecule has 0 radical (unpaired) electrons. The standard InChI is InChI=1S/C11H13NO3S/c1-11(2,3)10(13)16-9-6-4-8(5-7-9)12(14)15/h4-7H,1-3H3. The fourth-order valence-electron chi connectivity index (χ4n) is 0.896. The van der Waals surface area contributed by atoms with E-state index in [1.54, 1.807) is 12.1 Å². The van der Waals surface area contributed by atoms with Gasteiger partial charge in [-0.25, -0.2) is 0 Å². The van der Waals surface area contributed by atoms with Gasteiger partial charge in [0, 0.05) is 22.4 Å². The topological polar surface area (TPSA) is 60.2 Å². The molecule has 5 heteroatoms. The number of nitrogens with zero attached hydrogens (tertiary/aromatic N) is 1. The lowest BCUT2D eigenvalue weighted by Gasteiger charge is -2.15. The Morgan fingerprint density at radius 1 is 1.25 bits per heavy atom. The molecule has 0 saturated carbocycles. The van der Waals surface area contributed by atoms with Crippen molar-refractivity contribution in [2.75, 3.05) is 0 Å². The highest BCUT2D eigenvalue weighted by atomic mass is 32.2. The van der Waals surface area contributed by atoms with Crippen LogP contribution in [0.3, 0.4) is 0 Å². The Hall–Kier alpha value is -1.36. The third kappa shape index (κ3) is 3.34. The van der Waals surface area contributed by atoms with Crippen LogP contribution in [-0.4, -0.2) is 10.0 Å². The van der Waals surface area contributed by atoms with Gasteiger partial charge in [0.15, 0.2) is 5.12 Å². The van der Waals surface area contributed by atoms with Gasteiger partial charge in [-0.05, 0) is 12.1 Å². The summed E-state index contributed by atoms with van der Waals surface area (Å²) in [7, 11) is 0. The van der Waals surface area contributed by atoms with E-state index in [9.17, 15) is 14.9 Å². The molecule has 0 aromatic heterocycles. The van der Waals surface area contributed by atoms with E-state index in [4.69, 9.17) is 0 Å². The van der Waals surface area contributed by atoms with E-state index in [2.05, 4.69) is 0 Å². The second kappa shape index (κ2) is 4.65. The molecule has 0 aliphatic rings. The second-order valence-corrected chi connectivity index (χ2v) is 5.44. The van der Waals surface area contributed by atoms with E-state index < -0.39 is 10.3 Å². The number of carbonyl (C=O) groups is 1. The highest BCUT2D eigenvalue weighted by molar-refractivity contribution is 8.13. The number of carbonyl (C=O) groups excluding carboxylic acids is 1. The molecule has 0 aliphatic carbocycles. The van der Waals surface area contributed by atoms with Crippen molar-refractivity contribution in [1.29, 1.82) is 0 Å². The molecule has 0 fully saturated rings. The molecule has 0 heterocycles. The van der Waals surface area contributed by atoms with Crippen LogP contribution in [0.2, 0.25) is 0 Å². The quantitative estimate of drug-likeness (QED) is 0.451. The number of thioether (sulfide) groups is 1. The Kier molecular flexibility index (Phi) is 3.70. The van der Waals surface area contributed by atoms with E-state index in [0.29, 0.717) is 0 Å². The number of benzene rings is 1. The molecule has 0 saturated heterocycles. The molecule has 0 atom stereocenters. The van der Waals surface area contributed by atoms with Gasteiger partial charge < -0.3 is 0 Å². The molecule has 1 aromatic carbocycles. The fraction of sp³-hybridized carbons (Fsp3) is 0.364. The molecular formula is C11H13NO3S. The molecule has 16 heavy (non-hydrogen) atoms. The van der Waals surface area contributed by atoms with Gasteiger partial charge in [0.05, 0.1) is 4.92 Å². The molecular weight excluding hydrogens is 226 g/mol. The maximum Gasteiger partial charge on any atom is 0.269 e. The van der Waals surface area contributed by atoms with Gasteiger partial charge in [-0.1, -0.05) is 32.5 Å². The number of non-ortho nitro benzene ring substituents is 1. The largest absolute Gasteiger partial charge is 0.286 e. The predicted molar refractivity (Wildman–Crippen MR) is 63.4 cm³/mol. The molecule has 0 aliphatic heterocycles. The van der Waals surface area contributed by atoms with Crippen LogP contribution in [0.25, 0.3) is 0 Å². The van der Waals surface area contributed by atoms with Crippen molar-refractivity contribution in [2.45, 2.75) is 25.7 Å². The molecule has 0 spiro atoms. The number of nitro benzene ring substituents is 1. The Morgan fingerprint density at radius 2 is 1.75 bits per heavy atom. The first-order valence-electron chi connectivity index (χ1n) is 4.77. The van der Waals surface area contributed by atoms with Crippen molar-refractivity contribution in [1.82, 2.24) is 0 Å². The van der Waals surface area contributed by atoms with Crippen LogP contribution < -0.4 is 0 Å². The Balaban J connectivity index is 2.77. The first-order chi connectivity index (χ1) is 7.30. The van der Waals surface area contributed by atoms with Crippen LogP contribution >= 0.6 is 11.8 Å². The van der Waals surface area contributed by atoms with Gasteiger partial charge in [-0.3, -0.25) is 14.9 Å². The molecule has 0 N–H and O–H groups in total. The van der Waals surface area contributed by atoms with Crippen molar-refractivity contribution in [2.24, 2.45) is 5.41 Å².